The number of rotatable bonds is 5. The Bertz CT molecular complexity index is 315. The second-order valence-corrected chi connectivity index (χ2v) is 4.66. The Morgan fingerprint density at radius 3 is 2.82 bits per heavy atom. The molecule has 1 unspecified atom stereocenters. The second-order valence-electron chi connectivity index (χ2n) is 4.66. The summed E-state index contributed by atoms with van der Waals surface area (Å²) >= 11 is 0. The quantitative estimate of drug-likeness (QED) is 0.846. The maximum Gasteiger partial charge on any atom is 0.0997 e. The molecule has 0 bridgehead atoms. The number of piperidine rings is 1. The molecule has 2 rings (SSSR count). The van der Waals surface area contributed by atoms with Gasteiger partial charge in [-0.15, -0.1) is 0 Å². The van der Waals surface area contributed by atoms with Crippen LogP contribution in [0.5, 0.6) is 0 Å². The molecule has 3 nitrogen and oxygen atoms in total. The number of nitrogens with zero attached hydrogens (tertiary/aromatic N) is 1. The third kappa shape index (κ3) is 3.80. The molecule has 0 radical (unpaired) electrons. The molecule has 0 aromatic heterocycles. The highest BCUT2D eigenvalue weighted by atomic mass is 16.5. The summed E-state index contributed by atoms with van der Waals surface area (Å²) in [6.07, 6.45) is 3.79. The summed E-state index contributed by atoms with van der Waals surface area (Å²) in [7, 11) is 0. The van der Waals surface area contributed by atoms with Crippen LogP contribution in [0.1, 0.15) is 24.8 Å². The van der Waals surface area contributed by atoms with E-state index < -0.39 is 0 Å². The lowest BCUT2D eigenvalue weighted by Gasteiger charge is -2.34. The zero-order valence-electron chi connectivity index (χ0n) is 10.3. The van der Waals surface area contributed by atoms with Crippen molar-refractivity contribution in [3.05, 3.63) is 35.9 Å². The van der Waals surface area contributed by atoms with Gasteiger partial charge in [-0.05, 0) is 18.4 Å². The summed E-state index contributed by atoms with van der Waals surface area (Å²) < 4.78 is 5.76. The fourth-order valence-electron chi connectivity index (χ4n) is 2.35. The van der Waals surface area contributed by atoms with Gasteiger partial charge in [0, 0.05) is 19.1 Å². The Kier molecular flexibility index (Phi) is 4.98. The van der Waals surface area contributed by atoms with Crippen molar-refractivity contribution in [2.45, 2.75) is 31.9 Å². The van der Waals surface area contributed by atoms with Crippen LogP contribution in [0, 0.1) is 0 Å². The molecule has 0 saturated carbocycles. The van der Waals surface area contributed by atoms with Gasteiger partial charge in [0.05, 0.1) is 13.3 Å². The summed E-state index contributed by atoms with van der Waals surface area (Å²) in [5.74, 6) is 0. The van der Waals surface area contributed by atoms with E-state index in [0.29, 0.717) is 19.4 Å². The first kappa shape index (κ1) is 12.6. The van der Waals surface area contributed by atoms with E-state index in [4.69, 9.17) is 10.5 Å². The second kappa shape index (κ2) is 6.74. The van der Waals surface area contributed by atoms with Gasteiger partial charge in [-0.1, -0.05) is 36.8 Å². The van der Waals surface area contributed by atoms with Gasteiger partial charge >= 0.3 is 0 Å². The number of nitrogens with two attached hydrogens (primary N) is 1. The van der Waals surface area contributed by atoms with Crippen LogP contribution in [0.15, 0.2) is 30.3 Å². The monoisotopic (exact) mass is 234 g/mol. The van der Waals surface area contributed by atoms with Crippen molar-refractivity contribution in [3.8, 4) is 0 Å². The number of ether oxygens (including phenoxy) is 1. The maximum atomic E-state index is 5.78. The Morgan fingerprint density at radius 2 is 2.06 bits per heavy atom. The summed E-state index contributed by atoms with van der Waals surface area (Å²) in [5, 5.41) is 0. The van der Waals surface area contributed by atoms with Crippen LogP contribution < -0.4 is 5.73 Å². The van der Waals surface area contributed by atoms with E-state index >= 15 is 0 Å². The molecule has 1 saturated heterocycles. The molecule has 94 valence electrons. The first-order valence-electron chi connectivity index (χ1n) is 6.46. The van der Waals surface area contributed by atoms with Crippen molar-refractivity contribution in [1.29, 1.82) is 0 Å². The highest BCUT2D eigenvalue weighted by molar-refractivity contribution is 5.13. The minimum atomic E-state index is 0.513. The predicted molar refractivity (Wildman–Crippen MR) is 69.5 cm³/mol. The fraction of sp³-hybridized carbons (Fsp3) is 0.571. The van der Waals surface area contributed by atoms with Gasteiger partial charge in [-0.25, -0.2) is 0 Å². The predicted octanol–water partition coefficient (Wildman–Crippen LogP) is 1.97. The average molecular weight is 234 g/mol. The van der Waals surface area contributed by atoms with Crippen LogP contribution in [-0.2, 0) is 11.3 Å². The molecule has 0 aliphatic carbocycles. The summed E-state index contributed by atoms with van der Waals surface area (Å²) in [6.45, 7) is 3.26. The van der Waals surface area contributed by atoms with Crippen LogP contribution in [0.4, 0.5) is 0 Å². The summed E-state index contributed by atoms with van der Waals surface area (Å²) in [4.78, 5) is 2.37. The zero-order chi connectivity index (χ0) is 11.9. The van der Waals surface area contributed by atoms with E-state index in [1.165, 1.54) is 24.8 Å². The van der Waals surface area contributed by atoms with Gasteiger partial charge in [0.1, 0.15) is 0 Å². The SMILES string of the molecule is NCC1CCCCN1COCc1ccccc1. The Balaban J connectivity index is 1.74. The van der Waals surface area contributed by atoms with Crippen molar-refractivity contribution in [3.63, 3.8) is 0 Å². The van der Waals surface area contributed by atoms with E-state index in [1.54, 1.807) is 0 Å². The molecule has 0 spiro atoms. The summed E-state index contributed by atoms with van der Waals surface area (Å²) in [5.41, 5.74) is 7.01. The first-order chi connectivity index (χ1) is 8.40. The van der Waals surface area contributed by atoms with Crippen molar-refractivity contribution in [1.82, 2.24) is 4.90 Å². The van der Waals surface area contributed by atoms with Crippen molar-refractivity contribution in [2.24, 2.45) is 5.73 Å². The number of hydrogen-bond donors (Lipinski definition) is 1. The molecular weight excluding hydrogens is 212 g/mol. The molecule has 1 aromatic carbocycles. The first-order valence-corrected chi connectivity index (χ1v) is 6.46. The molecule has 17 heavy (non-hydrogen) atoms. The van der Waals surface area contributed by atoms with E-state index in [0.717, 1.165) is 13.1 Å². The van der Waals surface area contributed by atoms with E-state index in [-0.39, 0.29) is 0 Å². The number of benzene rings is 1. The van der Waals surface area contributed by atoms with E-state index in [2.05, 4.69) is 17.0 Å². The molecular formula is C14H22N2O. The van der Waals surface area contributed by atoms with Gasteiger partial charge in [-0.2, -0.15) is 0 Å². The standard InChI is InChI=1S/C14H22N2O/c15-10-14-8-4-5-9-16(14)12-17-11-13-6-2-1-3-7-13/h1-3,6-7,14H,4-5,8-12,15H2. The van der Waals surface area contributed by atoms with Crippen LogP contribution in [-0.4, -0.2) is 30.8 Å². The zero-order valence-corrected chi connectivity index (χ0v) is 10.3. The minimum absolute atomic E-state index is 0.513. The van der Waals surface area contributed by atoms with E-state index in [1.807, 2.05) is 18.2 Å². The smallest absolute Gasteiger partial charge is 0.0997 e. The lowest BCUT2D eigenvalue weighted by Crippen LogP contribution is -2.44. The molecule has 0 amide bonds. The van der Waals surface area contributed by atoms with Gasteiger partial charge < -0.3 is 10.5 Å². The Hall–Kier alpha value is -0.900. The van der Waals surface area contributed by atoms with Gasteiger partial charge in [0.2, 0.25) is 0 Å². The van der Waals surface area contributed by atoms with Crippen molar-refractivity contribution < 1.29 is 4.74 Å². The highest BCUT2D eigenvalue weighted by Crippen LogP contribution is 2.16. The Morgan fingerprint density at radius 1 is 1.24 bits per heavy atom. The molecule has 1 atom stereocenters. The van der Waals surface area contributed by atoms with Gasteiger partial charge in [-0.3, -0.25) is 4.90 Å². The molecule has 1 aromatic rings. The topological polar surface area (TPSA) is 38.5 Å². The maximum absolute atomic E-state index is 5.78. The van der Waals surface area contributed by atoms with Crippen LogP contribution in [0.2, 0.25) is 0 Å². The Labute approximate surface area is 104 Å². The van der Waals surface area contributed by atoms with Crippen LogP contribution in [0.3, 0.4) is 0 Å². The normalized spacial score (nSPS) is 21.6. The number of likely N-dealkylation sites (tertiary alicyclic amines) is 1. The molecule has 1 aliphatic heterocycles. The van der Waals surface area contributed by atoms with Crippen molar-refractivity contribution in [2.75, 3.05) is 19.8 Å². The van der Waals surface area contributed by atoms with Crippen molar-refractivity contribution >= 4 is 0 Å². The molecule has 2 N–H and O–H groups in total. The minimum Gasteiger partial charge on any atom is -0.361 e. The third-order valence-corrected chi connectivity index (χ3v) is 3.39. The molecule has 3 heteroatoms. The fourth-order valence-corrected chi connectivity index (χ4v) is 2.35. The van der Waals surface area contributed by atoms with E-state index in [9.17, 15) is 0 Å². The van der Waals surface area contributed by atoms with Crippen LogP contribution >= 0.6 is 0 Å². The van der Waals surface area contributed by atoms with Gasteiger partial charge in [0.25, 0.3) is 0 Å². The van der Waals surface area contributed by atoms with Gasteiger partial charge in [0.15, 0.2) is 0 Å². The lowest BCUT2D eigenvalue weighted by molar-refractivity contribution is -0.0151. The molecule has 1 fully saturated rings. The highest BCUT2D eigenvalue weighted by Gasteiger charge is 2.20. The molecule has 1 aliphatic rings. The summed E-state index contributed by atoms with van der Waals surface area (Å²) in [6, 6.07) is 10.8. The van der Waals surface area contributed by atoms with Crippen LogP contribution in [0.25, 0.3) is 0 Å². The average Bonchev–Trinajstić information content (AvgIpc) is 2.40. The molecule has 1 heterocycles. The number of hydrogen-bond acceptors (Lipinski definition) is 3. The third-order valence-electron chi connectivity index (χ3n) is 3.39. The lowest BCUT2D eigenvalue weighted by atomic mass is 10.0. The largest absolute Gasteiger partial charge is 0.361 e.